The minimum atomic E-state index is -1.06. The van der Waals surface area contributed by atoms with Crippen LogP contribution in [0.4, 0.5) is 0 Å². The molecule has 0 radical (unpaired) electrons. The highest BCUT2D eigenvalue weighted by atomic mass is 16.5. The van der Waals surface area contributed by atoms with Gasteiger partial charge in [0.2, 0.25) is 5.91 Å². The van der Waals surface area contributed by atoms with Crippen LogP contribution >= 0.6 is 0 Å². The van der Waals surface area contributed by atoms with Crippen molar-refractivity contribution in [2.24, 2.45) is 16.6 Å². The normalized spacial score (nSPS) is 12.1. The van der Waals surface area contributed by atoms with Gasteiger partial charge in [0.05, 0.1) is 30.0 Å². The highest BCUT2D eigenvalue weighted by Gasteiger charge is 2.19. The highest BCUT2D eigenvalue weighted by Crippen LogP contribution is 2.18. The van der Waals surface area contributed by atoms with E-state index in [1.807, 2.05) is 83.1 Å². The van der Waals surface area contributed by atoms with Crippen LogP contribution in [0.2, 0.25) is 0 Å². The third-order valence-corrected chi connectivity index (χ3v) is 5.94. The quantitative estimate of drug-likeness (QED) is 0.235. The number of hydrogen-bond donors (Lipinski definition) is 4. The lowest BCUT2D eigenvalue weighted by Gasteiger charge is -2.21. The standard InChI is InChI=1S/C18H28N2O3.C18H27NO4/c1-17(2,3)11-20-16(22)14-8-12(10-23-18(4,5)6)7-13(9-14)15(19)21;1-17(2,3)11-19-15(20)13-7-12(10-23-18(4,5)6)8-14(9-13)16(21)22/h7-9H,10-11H2,1-6H3,(H2,19,21)(H,20,22);7-9H,10-11H2,1-6H3,(H,19,20)(H,21,22). The monoisotopic (exact) mass is 641 g/mol. The number of benzene rings is 2. The lowest BCUT2D eigenvalue weighted by atomic mass is 9.96. The van der Waals surface area contributed by atoms with E-state index in [0.29, 0.717) is 42.0 Å². The molecule has 2 rings (SSSR count). The summed E-state index contributed by atoms with van der Waals surface area (Å²) < 4.78 is 11.4. The Labute approximate surface area is 274 Å². The zero-order chi connectivity index (χ0) is 35.7. The third-order valence-electron chi connectivity index (χ3n) is 5.94. The van der Waals surface area contributed by atoms with Crippen LogP contribution in [0.5, 0.6) is 0 Å². The Morgan fingerprint density at radius 3 is 1.22 bits per heavy atom. The first-order valence-electron chi connectivity index (χ1n) is 15.4. The van der Waals surface area contributed by atoms with Gasteiger partial charge >= 0.3 is 5.97 Å². The lowest BCUT2D eigenvalue weighted by Crippen LogP contribution is -2.32. The van der Waals surface area contributed by atoms with Crippen molar-refractivity contribution >= 4 is 23.7 Å². The number of carbonyl (C=O) groups excluding carboxylic acids is 3. The van der Waals surface area contributed by atoms with E-state index in [4.69, 9.17) is 15.2 Å². The number of amides is 3. The van der Waals surface area contributed by atoms with Gasteiger partial charge in [-0.2, -0.15) is 0 Å². The van der Waals surface area contributed by atoms with Crippen molar-refractivity contribution in [1.29, 1.82) is 0 Å². The molecule has 2 aromatic rings. The maximum atomic E-state index is 12.3. The summed E-state index contributed by atoms with van der Waals surface area (Å²) in [6.07, 6.45) is 0. The Morgan fingerprint density at radius 2 is 0.913 bits per heavy atom. The number of aromatic carboxylic acids is 1. The predicted octanol–water partition coefficient (Wildman–Crippen LogP) is 6.35. The van der Waals surface area contributed by atoms with Gasteiger partial charge in [-0.05, 0) is 99.9 Å². The molecule has 0 unspecified atom stereocenters. The van der Waals surface area contributed by atoms with Gasteiger partial charge in [-0.1, -0.05) is 41.5 Å². The van der Waals surface area contributed by atoms with E-state index in [9.17, 15) is 24.3 Å². The maximum Gasteiger partial charge on any atom is 0.335 e. The van der Waals surface area contributed by atoms with Gasteiger partial charge in [0.25, 0.3) is 11.8 Å². The summed E-state index contributed by atoms with van der Waals surface area (Å²) in [6.45, 7) is 25.4. The molecule has 3 amide bonds. The number of nitrogens with two attached hydrogens (primary N) is 1. The molecule has 0 heterocycles. The molecule has 0 saturated heterocycles. The van der Waals surface area contributed by atoms with E-state index < -0.39 is 11.9 Å². The minimum Gasteiger partial charge on any atom is -0.478 e. The summed E-state index contributed by atoms with van der Waals surface area (Å²) in [4.78, 5) is 47.4. The van der Waals surface area contributed by atoms with Crippen LogP contribution < -0.4 is 16.4 Å². The molecule has 0 aromatic heterocycles. The van der Waals surface area contributed by atoms with Crippen LogP contribution in [0.15, 0.2) is 36.4 Å². The van der Waals surface area contributed by atoms with Crippen molar-refractivity contribution < 1.29 is 33.8 Å². The molecule has 0 aliphatic rings. The molecule has 256 valence electrons. The van der Waals surface area contributed by atoms with Crippen LogP contribution in [-0.2, 0) is 22.7 Å². The molecule has 46 heavy (non-hydrogen) atoms. The van der Waals surface area contributed by atoms with Crippen molar-refractivity contribution in [1.82, 2.24) is 10.6 Å². The molecule has 10 nitrogen and oxygen atoms in total. The Hall–Kier alpha value is -3.76. The first kappa shape index (κ1) is 40.3. The SMILES string of the molecule is CC(C)(C)CNC(=O)c1cc(COC(C)(C)C)cc(C(=O)O)c1.CC(C)(C)CNC(=O)c1cc(COC(C)(C)C)cc(C(N)=O)c1. The highest BCUT2D eigenvalue weighted by molar-refractivity contribution is 5.99. The van der Waals surface area contributed by atoms with Gasteiger partial charge in [-0.15, -0.1) is 0 Å². The van der Waals surface area contributed by atoms with Gasteiger partial charge in [0.1, 0.15) is 0 Å². The van der Waals surface area contributed by atoms with Crippen molar-refractivity contribution in [2.75, 3.05) is 13.1 Å². The summed E-state index contributed by atoms with van der Waals surface area (Å²) >= 11 is 0. The smallest absolute Gasteiger partial charge is 0.335 e. The molecule has 0 atom stereocenters. The Kier molecular flexibility index (Phi) is 14.2. The molecule has 0 fully saturated rings. The van der Waals surface area contributed by atoms with E-state index in [0.717, 1.165) is 5.56 Å². The topological polar surface area (TPSA) is 157 Å². The van der Waals surface area contributed by atoms with Crippen molar-refractivity contribution in [3.05, 3.63) is 69.8 Å². The van der Waals surface area contributed by atoms with Crippen molar-refractivity contribution in [3.63, 3.8) is 0 Å². The summed E-state index contributed by atoms with van der Waals surface area (Å²) in [5.41, 5.74) is 7.21. The second-order valence-corrected chi connectivity index (χ2v) is 15.8. The van der Waals surface area contributed by atoms with Gasteiger partial charge in [-0.3, -0.25) is 14.4 Å². The summed E-state index contributed by atoms with van der Waals surface area (Å²) in [5, 5.41) is 14.9. The Balaban J connectivity index is 0.000000460. The molecule has 0 saturated carbocycles. The van der Waals surface area contributed by atoms with Gasteiger partial charge in [-0.25, -0.2) is 4.79 Å². The average Bonchev–Trinajstić information content (AvgIpc) is 2.90. The summed E-state index contributed by atoms with van der Waals surface area (Å²) in [7, 11) is 0. The number of ether oxygens (including phenoxy) is 2. The lowest BCUT2D eigenvalue weighted by molar-refractivity contribution is -0.0153. The number of rotatable bonds is 10. The number of carbonyl (C=O) groups is 4. The second-order valence-electron chi connectivity index (χ2n) is 15.8. The van der Waals surface area contributed by atoms with Crippen LogP contribution in [0.3, 0.4) is 0 Å². The van der Waals surface area contributed by atoms with E-state index in [2.05, 4.69) is 10.6 Å². The largest absolute Gasteiger partial charge is 0.478 e. The molecule has 0 spiro atoms. The molecular weight excluding hydrogens is 586 g/mol. The fraction of sp³-hybridized carbons (Fsp3) is 0.556. The van der Waals surface area contributed by atoms with Crippen LogP contribution in [0.1, 0.15) is 136 Å². The zero-order valence-electron chi connectivity index (χ0n) is 29.8. The van der Waals surface area contributed by atoms with E-state index in [1.54, 1.807) is 18.2 Å². The van der Waals surface area contributed by atoms with E-state index in [1.165, 1.54) is 18.2 Å². The number of nitrogens with one attached hydrogen (secondary N) is 2. The fourth-order valence-corrected chi connectivity index (χ4v) is 3.57. The van der Waals surface area contributed by atoms with Crippen LogP contribution in [0, 0.1) is 10.8 Å². The first-order valence-corrected chi connectivity index (χ1v) is 15.4. The Morgan fingerprint density at radius 1 is 0.587 bits per heavy atom. The molecule has 10 heteroatoms. The van der Waals surface area contributed by atoms with Gasteiger partial charge in [0, 0.05) is 29.8 Å². The molecule has 5 N–H and O–H groups in total. The van der Waals surface area contributed by atoms with E-state index >= 15 is 0 Å². The summed E-state index contributed by atoms with van der Waals surface area (Å²) in [5.74, 6) is -2.12. The number of primary amides is 1. The summed E-state index contributed by atoms with van der Waals surface area (Å²) in [6, 6.07) is 9.51. The number of carboxylic acid groups (broad SMARTS) is 1. The minimum absolute atomic E-state index is 0.0187. The average molecular weight is 642 g/mol. The second kappa shape index (κ2) is 16.2. The first-order chi connectivity index (χ1) is 20.7. The number of carboxylic acids is 1. The zero-order valence-corrected chi connectivity index (χ0v) is 29.8. The van der Waals surface area contributed by atoms with Crippen LogP contribution in [0.25, 0.3) is 0 Å². The Bertz CT molecular complexity index is 1270. The van der Waals surface area contributed by atoms with Crippen molar-refractivity contribution in [3.8, 4) is 0 Å². The maximum absolute atomic E-state index is 12.3. The van der Waals surface area contributed by atoms with Crippen molar-refractivity contribution in [2.45, 2.75) is 108 Å². The molecule has 0 bridgehead atoms. The van der Waals surface area contributed by atoms with E-state index in [-0.39, 0.29) is 46.0 Å². The molecular formula is C36H55N3O7. The van der Waals surface area contributed by atoms with Crippen LogP contribution in [-0.4, -0.2) is 53.1 Å². The molecule has 0 aliphatic carbocycles. The predicted molar refractivity (Wildman–Crippen MR) is 181 cm³/mol. The fourth-order valence-electron chi connectivity index (χ4n) is 3.57. The molecule has 0 aliphatic heterocycles. The van der Waals surface area contributed by atoms with Gasteiger partial charge < -0.3 is 30.9 Å². The molecule has 2 aromatic carbocycles. The van der Waals surface area contributed by atoms with Gasteiger partial charge in [0.15, 0.2) is 0 Å². The number of hydrogen-bond acceptors (Lipinski definition) is 6. The third kappa shape index (κ3) is 17.1.